The second kappa shape index (κ2) is 6.24. The summed E-state index contributed by atoms with van der Waals surface area (Å²) < 4.78 is 29.6. The molecule has 0 aliphatic heterocycles. The summed E-state index contributed by atoms with van der Waals surface area (Å²) in [5, 5.41) is 3.69. The minimum Gasteiger partial charge on any atom is -0.329 e. The maximum Gasteiger partial charge on any atom is 0.332 e. The lowest BCUT2D eigenvalue weighted by atomic mass is 10.2. The Morgan fingerprint density at radius 2 is 2.04 bits per heavy atom. The SMILES string of the molecule is Cc1c(CNCCN)sc2c1c(=O)n(C1CC1)c(=O)n2CC1CC1(F)F. The van der Waals surface area contributed by atoms with Crippen LogP contribution in [0.2, 0.25) is 0 Å². The predicted molar refractivity (Wildman–Crippen MR) is 97.2 cm³/mol. The van der Waals surface area contributed by atoms with Gasteiger partial charge >= 0.3 is 5.69 Å². The normalized spacial score (nSPS) is 21.5. The van der Waals surface area contributed by atoms with Crippen molar-refractivity contribution in [3.05, 3.63) is 31.3 Å². The van der Waals surface area contributed by atoms with Crippen LogP contribution in [0, 0.1) is 12.8 Å². The van der Waals surface area contributed by atoms with Gasteiger partial charge in [-0.3, -0.25) is 13.9 Å². The molecule has 26 heavy (non-hydrogen) atoms. The summed E-state index contributed by atoms with van der Waals surface area (Å²) in [6, 6.07) is -0.0940. The number of alkyl halides is 2. The van der Waals surface area contributed by atoms with Crippen LogP contribution < -0.4 is 22.3 Å². The molecular weight excluding hydrogens is 362 g/mol. The summed E-state index contributed by atoms with van der Waals surface area (Å²) in [7, 11) is 0. The lowest BCUT2D eigenvalue weighted by Gasteiger charge is -2.11. The van der Waals surface area contributed by atoms with Crippen molar-refractivity contribution in [2.45, 2.75) is 51.2 Å². The van der Waals surface area contributed by atoms with Gasteiger partial charge < -0.3 is 11.1 Å². The molecule has 142 valence electrons. The number of rotatable bonds is 7. The molecule has 3 N–H and O–H groups in total. The zero-order valence-corrected chi connectivity index (χ0v) is 15.4. The zero-order chi connectivity index (χ0) is 18.6. The third-order valence-electron chi connectivity index (χ3n) is 5.22. The molecule has 2 aliphatic rings. The van der Waals surface area contributed by atoms with Gasteiger partial charge in [0.2, 0.25) is 0 Å². The van der Waals surface area contributed by atoms with Crippen LogP contribution in [0.15, 0.2) is 9.59 Å². The van der Waals surface area contributed by atoms with Crippen LogP contribution in [-0.4, -0.2) is 28.1 Å². The lowest BCUT2D eigenvalue weighted by Crippen LogP contribution is -2.39. The highest BCUT2D eigenvalue weighted by Crippen LogP contribution is 2.49. The minimum atomic E-state index is -2.70. The van der Waals surface area contributed by atoms with Gasteiger partial charge in [-0.15, -0.1) is 11.3 Å². The fraction of sp³-hybridized carbons (Fsp3) is 0.647. The van der Waals surface area contributed by atoms with Crippen LogP contribution >= 0.6 is 11.3 Å². The van der Waals surface area contributed by atoms with E-state index in [4.69, 9.17) is 5.73 Å². The summed E-state index contributed by atoms with van der Waals surface area (Å²) in [6.45, 7) is 3.50. The molecule has 4 rings (SSSR count). The highest BCUT2D eigenvalue weighted by atomic mass is 32.1. The van der Waals surface area contributed by atoms with E-state index < -0.39 is 17.5 Å². The van der Waals surface area contributed by atoms with Crippen LogP contribution in [0.25, 0.3) is 10.2 Å². The van der Waals surface area contributed by atoms with Gasteiger partial charge in [-0.25, -0.2) is 13.6 Å². The van der Waals surface area contributed by atoms with E-state index in [2.05, 4.69) is 5.32 Å². The van der Waals surface area contributed by atoms with Gasteiger partial charge in [-0.2, -0.15) is 0 Å². The van der Waals surface area contributed by atoms with Crippen LogP contribution in [0.3, 0.4) is 0 Å². The molecule has 1 unspecified atom stereocenters. The van der Waals surface area contributed by atoms with Crippen molar-refractivity contribution >= 4 is 21.6 Å². The van der Waals surface area contributed by atoms with Crippen molar-refractivity contribution in [1.29, 1.82) is 0 Å². The van der Waals surface area contributed by atoms with Crippen molar-refractivity contribution in [3.8, 4) is 0 Å². The summed E-state index contributed by atoms with van der Waals surface area (Å²) in [4.78, 5) is 27.3. The number of hydrogen-bond donors (Lipinski definition) is 2. The molecule has 2 aliphatic carbocycles. The minimum absolute atomic E-state index is 0.0368. The molecule has 6 nitrogen and oxygen atoms in total. The number of nitrogens with two attached hydrogens (primary N) is 1. The Balaban J connectivity index is 1.85. The summed E-state index contributed by atoms with van der Waals surface area (Å²) in [5.41, 5.74) is 5.58. The maximum absolute atomic E-state index is 13.5. The van der Waals surface area contributed by atoms with Crippen molar-refractivity contribution in [3.63, 3.8) is 0 Å². The third-order valence-corrected chi connectivity index (χ3v) is 6.53. The van der Waals surface area contributed by atoms with E-state index in [1.807, 2.05) is 6.92 Å². The molecule has 0 spiro atoms. The number of hydrogen-bond acceptors (Lipinski definition) is 5. The molecule has 2 aromatic rings. The molecule has 1 atom stereocenters. The van der Waals surface area contributed by atoms with Crippen molar-refractivity contribution in [2.24, 2.45) is 11.7 Å². The molecule has 0 radical (unpaired) electrons. The summed E-state index contributed by atoms with van der Waals surface area (Å²) in [5.74, 6) is -3.53. The maximum atomic E-state index is 13.5. The predicted octanol–water partition coefficient (Wildman–Crippen LogP) is 1.57. The van der Waals surface area contributed by atoms with Gasteiger partial charge in [-0.05, 0) is 25.3 Å². The molecule has 2 fully saturated rings. The number of fused-ring (bicyclic) bond motifs is 1. The van der Waals surface area contributed by atoms with Crippen LogP contribution in [0.5, 0.6) is 0 Å². The Bertz CT molecular complexity index is 974. The molecule has 0 saturated heterocycles. The topological polar surface area (TPSA) is 82.1 Å². The fourth-order valence-electron chi connectivity index (χ4n) is 3.39. The third kappa shape index (κ3) is 2.91. The van der Waals surface area contributed by atoms with Crippen molar-refractivity contribution in [2.75, 3.05) is 13.1 Å². The second-order valence-corrected chi connectivity index (χ2v) is 8.34. The van der Waals surface area contributed by atoms with E-state index >= 15 is 0 Å². The second-order valence-electron chi connectivity index (χ2n) is 7.26. The van der Waals surface area contributed by atoms with Crippen molar-refractivity contribution in [1.82, 2.24) is 14.5 Å². The van der Waals surface area contributed by atoms with E-state index in [1.54, 1.807) is 0 Å². The molecular formula is C17H22F2N4O2S. The monoisotopic (exact) mass is 384 g/mol. The van der Waals surface area contributed by atoms with Crippen LogP contribution in [0.1, 0.15) is 35.7 Å². The van der Waals surface area contributed by atoms with E-state index in [1.165, 1.54) is 20.5 Å². The van der Waals surface area contributed by atoms with Crippen LogP contribution in [0.4, 0.5) is 8.78 Å². The Kier molecular flexibility index (Phi) is 4.28. The first-order chi connectivity index (χ1) is 12.3. The quantitative estimate of drug-likeness (QED) is 0.710. The fourth-order valence-corrected chi connectivity index (χ4v) is 4.65. The van der Waals surface area contributed by atoms with Gasteiger partial charge in [0.1, 0.15) is 4.83 Å². The molecule has 0 aromatic carbocycles. The van der Waals surface area contributed by atoms with Crippen LogP contribution in [-0.2, 0) is 13.1 Å². The first-order valence-corrected chi connectivity index (χ1v) is 9.72. The lowest BCUT2D eigenvalue weighted by molar-refractivity contribution is 0.0950. The highest BCUT2D eigenvalue weighted by molar-refractivity contribution is 7.18. The number of nitrogens with one attached hydrogen (secondary N) is 1. The molecule has 0 bridgehead atoms. The van der Waals surface area contributed by atoms with E-state index in [0.717, 1.165) is 23.3 Å². The molecule has 9 heteroatoms. The standard InChI is InChI=1S/C17H22F2N4O2S/c1-9-12(7-21-5-4-20)26-15-13(9)14(24)23(11-2-3-11)16(25)22(15)8-10-6-17(10,18)19/h10-11,21H,2-8,20H2,1H3. The summed E-state index contributed by atoms with van der Waals surface area (Å²) >= 11 is 1.34. The zero-order valence-electron chi connectivity index (χ0n) is 14.6. The molecule has 2 heterocycles. The first-order valence-electron chi connectivity index (χ1n) is 8.91. The largest absolute Gasteiger partial charge is 0.332 e. The van der Waals surface area contributed by atoms with E-state index in [9.17, 15) is 18.4 Å². The Hall–Kier alpha value is -1.58. The number of thiophene rings is 1. The molecule has 0 amide bonds. The van der Waals surface area contributed by atoms with E-state index in [0.29, 0.717) is 29.9 Å². The molecule has 2 saturated carbocycles. The average molecular weight is 384 g/mol. The number of halogens is 2. The number of aromatic nitrogens is 2. The van der Waals surface area contributed by atoms with Gasteiger partial charge in [0.25, 0.3) is 11.5 Å². The van der Waals surface area contributed by atoms with Gasteiger partial charge in [0.15, 0.2) is 0 Å². The first kappa shape index (κ1) is 17.8. The van der Waals surface area contributed by atoms with Gasteiger partial charge in [-0.1, -0.05) is 0 Å². The number of aryl methyl sites for hydroxylation is 1. The Morgan fingerprint density at radius 3 is 2.62 bits per heavy atom. The van der Waals surface area contributed by atoms with Crippen molar-refractivity contribution < 1.29 is 8.78 Å². The van der Waals surface area contributed by atoms with Gasteiger partial charge in [0.05, 0.1) is 5.39 Å². The van der Waals surface area contributed by atoms with E-state index in [-0.39, 0.29) is 24.6 Å². The Morgan fingerprint density at radius 1 is 1.35 bits per heavy atom. The average Bonchev–Trinajstić information content (AvgIpc) is 3.47. The highest BCUT2D eigenvalue weighted by Gasteiger charge is 2.57. The summed E-state index contributed by atoms with van der Waals surface area (Å²) in [6.07, 6.45) is 1.38. The smallest absolute Gasteiger partial charge is 0.329 e. The van der Waals surface area contributed by atoms with Gasteiger partial charge in [0, 0.05) is 49.4 Å². The Labute approximate surface area is 152 Å². The number of nitrogens with zero attached hydrogens (tertiary/aromatic N) is 2. The molecule has 2 aromatic heterocycles.